The van der Waals surface area contributed by atoms with Crippen molar-refractivity contribution in [3.05, 3.63) is 0 Å². The molecule has 1 saturated heterocycles. The molecular weight excluding hydrogens is 220 g/mol. The predicted octanol–water partition coefficient (Wildman–Crippen LogP) is 1.53. The second-order valence-electron chi connectivity index (χ2n) is 5.02. The molecule has 2 rings (SSSR count). The van der Waals surface area contributed by atoms with Crippen molar-refractivity contribution >= 4 is 12.0 Å². The zero-order valence-electron chi connectivity index (χ0n) is 10.3. The van der Waals surface area contributed by atoms with Gasteiger partial charge in [-0.1, -0.05) is 0 Å². The standard InChI is InChI=1S/C12H20N2O3/c1-13(9-5-4-6-9)12(17)14-8-3-2-7-10(14)11(15)16/h9-10H,2-8H2,1H3,(H,15,16). The van der Waals surface area contributed by atoms with Crippen LogP contribution < -0.4 is 0 Å². The molecule has 96 valence electrons. The highest BCUT2D eigenvalue weighted by molar-refractivity contribution is 5.83. The molecule has 2 aliphatic rings. The Morgan fingerprint density at radius 1 is 1.18 bits per heavy atom. The number of hydrogen-bond acceptors (Lipinski definition) is 2. The predicted molar refractivity (Wildman–Crippen MR) is 62.8 cm³/mol. The lowest BCUT2D eigenvalue weighted by Crippen LogP contribution is -2.55. The number of urea groups is 1. The van der Waals surface area contributed by atoms with E-state index in [1.54, 1.807) is 11.9 Å². The van der Waals surface area contributed by atoms with Gasteiger partial charge in [0.25, 0.3) is 0 Å². The number of amides is 2. The van der Waals surface area contributed by atoms with Crippen LogP contribution in [-0.2, 0) is 4.79 Å². The molecule has 2 fully saturated rings. The summed E-state index contributed by atoms with van der Waals surface area (Å²) in [4.78, 5) is 26.6. The van der Waals surface area contributed by atoms with Gasteiger partial charge in [0.05, 0.1) is 0 Å². The second kappa shape index (κ2) is 4.94. The molecule has 2 amide bonds. The van der Waals surface area contributed by atoms with E-state index in [2.05, 4.69) is 0 Å². The SMILES string of the molecule is CN(C(=O)N1CCCCC1C(=O)O)C1CCC1. The third-order valence-electron chi connectivity index (χ3n) is 3.96. The molecule has 5 nitrogen and oxygen atoms in total. The van der Waals surface area contributed by atoms with Crippen molar-refractivity contribution in [2.75, 3.05) is 13.6 Å². The van der Waals surface area contributed by atoms with Crippen molar-refractivity contribution in [1.29, 1.82) is 0 Å². The molecule has 1 atom stereocenters. The average molecular weight is 240 g/mol. The number of nitrogens with zero attached hydrogens (tertiary/aromatic N) is 2. The topological polar surface area (TPSA) is 60.9 Å². The first-order chi connectivity index (χ1) is 8.11. The molecule has 1 aliphatic carbocycles. The maximum absolute atomic E-state index is 12.2. The van der Waals surface area contributed by atoms with E-state index in [4.69, 9.17) is 5.11 Å². The molecule has 0 bridgehead atoms. The van der Waals surface area contributed by atoms with Gasteiger partial charge in [-0.3, -0.25) is 0 Å². The van der Waals surface area contributed by atoms with Crippen LogP contribution in [0, 0.1) is 0 Å². The Morgan fingerprint density at radius 3 is 2.41 bits per heavy atom. The number of carboxylic acid groups (broad SMARTS) is 1. The van der Waals surface area contributed by atoms with Gasteiger partial charge in [-0.25, -0.2) is 9.59 Å². The molecule has 1 saturated carbocycles. The molecule has 5 heteroatoms. The Bertz CT molecular complexity index is 315. The summed E-state index contributed by atoms with van der Waals surface area (Å²) in [7, 11) is 1.79. The van der Waals surface area contributed by atoms with Crippen molar-refractivity contribution in [2.45, 2.75) is 50.6 Å². The van der Waals surface area contributed by atoms with E-state index in [0.717, 1.165) is 25.7 Å². The lowest BCUT2D eigenvalue weighted by molar-refractivity contribution is -0.143. The monoisotopic (exact) mass is 240 g/mol. The van der Waals surface area contributed by atoms with Crippen LogP contribution in [0.4, 0.5) is 4.79 Å². The van der Waals surface area contributed by atoms with E-state index in [1.807, 2.05) is 0 Å². The Morgan fingerprint density at radius 2 is 1.88 bits per heavy atom. The first kappa shape index (κ1) is 12.2. The summed E-state index contributed by atoms with van der Waals surface area (Å²) < 4.78 is 0. The highest BCUT2D eigenvalue weighted by Gasteiger charge is 2.36. The molecule has 17 heavy (non-hydrogen) atoms. The average Bonchev–Trinajstić information content (AvgIpc) is 2.25. The molecule has 1 N–H and O–H groups in total. The number of aliphatic carboxylic acids is 1. The number of piperidine rings is 1. The van der Waals surface area contributed by atoms with E-state index >= 15 is 0 Å². The van der Waals surface area contributed by atoms with Gasteiger partial charge in [0.2, 0.25) is 0 Å². The molecule has 1 aliphatic heterocycles. The Balaban J connectivity index is 2.02. The summed E-state index contributed by atoms with van der Waals surface area (Å²) in [5, 5.41) is 9.14. The van der Waals surface area contributed by atoms with Crippen LogP contribution in [0.2, 0.25) is 0 Å². The zero-order chi connectivity index (χ0) is 12.4. The summed E-state index contributed by atoms with van der Waals surface area (Å²) in [5.41, 5.74) is 0. The lowest BCUT2D eigenvalue weighted by atomic mass is 9.92. The third-order valence-corrected chi connectivity index (χ3v) is 3.96. The van der Waals surface area contributed by atoms with Crippen molar-refractivity contribution in [2.24, 2.45) is 0 Å². The quantitative estimate of drug-likeness (QED) is 0.796. The van der Waals surface area contributed by atoms with Crippen LogP contribution in [0.1, 0.15) is 38.5 Å². The third kappa shape index (κ3) is 2.37. The zero-order valence-corrected chi connectivity index (χ0v) is 10.3. The summed E-state index contributed by atoms with van der Waals surface area (Å²) >= 11 is 0. The molecule has 0 radical (unpaired) electrons. The smallest absolute Gasteiger partial charge is 0.326 e. The van der Waals surface area contributed by atoms with Gasteiger partial charge in [0, 0.05) is 19.6 Å². The maximum Gasteiger partial charge on any atom is 0.326 e. The van der Waals surface area contributed by atoms with E-state index in [-0.39, 0.29) is 6.03 Å². The van der Waals surface area contributed by atoms with Gasteiger partial charge in [0.15, 0.2) is 0 Å². The Kier molecular flexibility index (Phi) is 3.54. The van der Waals surface area contributed by atoms with Crippen LogP contribution >= 0.6 is 0 Å². The normalized spacial score (nSPS) is 25.2. The van der Waals surface area contributed by atoms with E-state index < -0.39 is 12.0 Å². The fourth-order valence-corrected chi connectivity index (χ4v) is 2.55. The first-order valence-electron chi connectivity index (χ1n) is 6.37. The minimum absolute atomic E-state index is 0.109. The fourth-order valence-electron chi connectivity index (χ4n) is 2.55. The Labute approximate surface area is 101 Å². The van der Waals surface area contributed by atoms with Gasteiger partial charge in [0.1, 0.15) is 6.04 Å². The molecule has 0 aromatic heterocycles. The molecular formula is C12H20N2O3. The summed E-state index contributed by atoms with van der Waals surface area (Å²) in [6.45, 7) is 0.576. The summed E-state index contributed by atoms with van der Waals surface area (Å²) in [5.74, 6) is -0.875. The fraction of sp³-hybridized carbons (Fsp3) is 0.833. The summed E-state index contributed by atoms with van der Waals surface area (Å²) in [6, 6.07) is -0.417. The number of rotatable bonds is 2. The van der Waals surface area contributed by atoms with Gasteiger partial charge in [-0.05, 0) is 38.5 Å². The second-order valence-corrected chi connectivity index (χ2v) is 5.02. The molecule has 0 aromatic rings. The Hall–Kier alpha value is -1.26. The molecule has 0 aromatic carbocycles. The minimum atomic E-state index is -0.875. The molecule has 0 spiro atoms. The number of carbonyl (C=O) groups excluding carboxylic acids is 1. The summed E-state index contributed by atoms with van der Waals surface area (Å²) in [6.07, 6.45) is 5.66. The molecule has 1 unspecified atom stereocenters. The van der Waals surface area contributed by atoms with Gasteiger partial charge >= 0.3 is 12.0 Å². The number of carbonyl (C=O) groups is 2. The lowest BCUT2D eigenvalue weighted by Gasteiger charge is -2.41. The van der Waals surface area contributed by atoms with E-state index in [1.165, 1.54) is 11.3 Å². The van der Waals surface area contributed by atoms with Crippen molar-refractivity contribution in [3.63, 3.8) is 0 Å². The number of hydrogen-bond donors (Lipinski definition) is 1. The number of carboxylic acids is 1. The van der Waals surface area contributed by atoms with Gasteiger partial charge in [-0.15, -0.1) is 0 Å². The minimum Gasteiger partial charge on any atom is -0.480 e. The van der Waals surface area contributed by atoms with Crippen molar-refractivity contribution in [1.82, 2.24) is 9.80 Å². The van der Waals surface area contributed by atoms with Crippen LogP contribution in [0.3, 0.4) is 0 Å². The van der Waals surface area contributed by atoms with Crippen LogP contribution in [0.25, 0.3) is 0 Å². The first-order valence-corrected chi connectivity index (χ1v) is 6.37. The highest BCUT2D eigenvalue weighted by Crippen LogP contribution is 2.26. The van der Waals surface area contributed by atoms with Crippen LogP contribution in [-0.4, -0.2) is 52.6 Å². The van der Waals surface area contributed by atoms with Gasteiger partial charge in [-0.2, -0.15) is 0 Å². The molecule has 1 heterocycles. The van der Waals surface area contributed by atoms with Crippen LogP contribution in [0.5, 0.6) is 0 Å². The van der Waals surface area contributed by atoms with Crippen molar-refractivity contribution in [3.8, 4) is 0 Å². The maximum atomic E-state index is 12.2. The van der Waals surface area contributed by atoms with E-state index in [9.17, 15) is 9.59 Å². The highest BCUT2D eigenvalue weighted by atomic mass is 16.4. The number of likely N-dealkylation sites (tertiary alicyclic amines) is 1. The van der Waals surface area contributed by atoms with Crippen molar-refractivity contribution < 1.29 is 14.7 Å². The van der Waals surface area contributed by atoms with E-state index in [0.29, 0.717) is 19.0 Å². The van der Waals surface area contributed by atoms with Gasteiger partial charge < -0.3 is 14.9 Å². The largest absolute Gasteiger partial charge is 0.480 e. The van der Waals surface area contributed by atoms with Crippen LogP contribution in [0.15, 0.2) is 0 Å².